The monoisotopic (exact) mass is 423 g/mol. The van der Waals surface area contributed by atoms with Crippen LogP contribution in [0.25, 0.3) is 11.0 Å². The summed E-state index contributed by atoms with van der Waals surface area (Å²) < 4.78 is 0. The average molecular weight is 423 g/mol. The Morgan fingerprint density at radius 2 is 1.59 bits per heavy atom. The first kappa shape index (κ1) is 19.8. The van der Waals surface area contributed by atoms with Crippen molar-refractivity contribution in [2.45, 2.75) is 18.9 Å². The number of nitrogens with zero attached hydrogens (tertiary/aromatic N) is 2. The van der Waals surface area contributed by atoms with E-state index in [-0.39, 0.29) is 17.8 Å². The van der Waals surface area contributed by atoms with Gasteiger partial charge in [-0.05, 0) is 29.7 Å². The summed E-state index contributed by atoms with van der Waals surface area (Å²) in [5.41, 5.74) is 3.33. The fraction of sp³-hybridized carbons (Fsp3) is 0.115. The Morgan fingerprint density at radius 1 is 0.938 bits per heavy atom. The summed E-state index contributed by atoms with van der Waals surface area (Å²) in [5.74, 6) is -1.12. The zero-order valence-electron chi connectivity index (χ0n) is 17.2. The number of aliphatic hydroxyl groups is 1. The van der Waals surface area contributed by atoms with Crippen LogP contribution in [-0.4, -0.2) is 26.8 Å². The smallest absolute Gasteiger partial charge is 0.296 e. The summed E-state index contributed by atoms with van der Waals surface area (Å²) >= 11 is 0. The molecule has 5 rings (SSSR count). The number of amides is 1. The highest BCUT2D eigenvalue weighted by molar-refractivity contribution is 6.16. The summed E-state index contributed by atoms with van der Waals surface area (Å²) in [6, 6.07) is 25.6. The molecule has 0 radical (unpaired) electrons. The lowest BCUT2D eigenvalue weighted by Gasteiger charge is -2.24. The number of rotatable bonds is 6. The second kappa shape index (κ2) is 8.15. The van der Waals surface area contributed by atoms with Crippen molar-refractivity contribution in [2.75, 3.05) is 4.90 Å². The van der Waals surface area contributed by atoms with Gasteiger partial charge < -0.3 is 10.1 Å². The second-order valence-electron chi connectivity index (χ2n) is 7.74. The van der Waals surface area contributed by atoms with Crippen molar-refractivity contribution < 1.29 is 14.7 Å². The molecule has 2 N–H and O–H groups in total. The SMILES string of the molecule is O=C(CCc1ccccc1)C1=C(O)C(=O)N(c2nc3ccccc3[nH]2)C1c1ccccc1. The topological polar surface area (TPSA) is 86.3 Å². The molecule has 1 atom stereocenters. The molecule has 1 aliphatic rings. The Labute approximate surface area is 184 Å². The zero-order valence-corrected chi connectivity index (χ0v) is 17.2. The van der Waals surface area contributed by atoms with E-state index in [0.717, 1.165) is 16.6 Å². The van der Waals surface area contributed by atoms with E-state index in [1.807, 2.05) is 84.9 Å². The number of benzene rings is 3. The molecule has 0 aliphatic carbocycles. The van der Waals surface area contributed by atoms with Gasteiger partial charge >= 0.3 is 0 Å². The Morgan fingerprint density at radius 3 is 2.31 bits per heavy atom. The average Bonchev–Trinajstić information content (AvgIpc) is 3.37. The summed E-state index contributed by atoms with van der Waals surface area (Å²) in [5, 5.41) is 10.8. The van der Waals surface area contributed by atoms with Gasteiger partial charge in [-0.15, -0.1) is 0 Å². The molecule has 6 nitrogen and oxygen atoms in total. The molecular formula is C26H21N3O3. The molecule has 4 aromatic rings. The maximum Gasteiger partial charge on any atom is 0.296 e. The lowest BCUT2D eigenvalue weighted by atomic mass is 9.93. The van der Waals surface area contributed by atoms with E-state index in [4.69, 9.17) is 0 Å². The van der Waals surface area contributed by atoms with Crippen LogP contribution in [-0.2, 0) is 16.0 Å². The summed E-state index contributed by atoms with van der Waals surface area (Å²) in [7, 11) is 0. The van der Waals surface area contributed by atoms with Gasteiger partial charge in [-0.3, -0.25) is 14.5 Å². The highest BCUT2D eigenvalue weighted by atomic mass is 16.3. The molecule has 6 heteroatoms. The van der Waals surface area contributed by atoms with Crippen LogP contribution in [0, 0.1) is 0 Å². The number of hydrogen-bond acceptors (Lipinski definition) is 4. The molecule has 0 fully saturated rings. The van der Waals surface area contributed by atoms with E-state index in [0.29, 0.717) is 17.9 Å². The first-order chi connectivity index (χ1) is 15.6. The standard InChI is InChI=1S/C26H21N3O3/c30-21(16-15-17-9-3-1-4-10-17)22-23(18-11-5-2-6-12-18)29(25(32)24(22)31)26-27-19-13-7-8-14-20(19)28-26/h1-14,23,31H,15-16H2,(H,27,28). The van der Waals surface area contributed by atoms with Crippen molar-refractivity contribution in [2.24, 2.45) is 0 Å². The largest absolute Gasteiger partial charge is 0.503 e. The summed E-state index contributed by atoms with van der Waals surface area (Å²) in [6.45, 7) is 0. The Balaban J connectivity index is 1.54. The molecule has 1 unspecified atom stereocenters. The minimum absolute atomic E-state index is 0.109. The third-order valence-electron chi connectivity index (χ3n) is 5.71. The molecule has 0 spiro atoms. The van der Waals surface area contributed by atoms with Crippen molar-refractivity contribution in [1.29, 1.82) is 0 Å². The van der Waals surface area contributed by atoms with Crippen LogP contribution in [0.15, 0.2) is 96.3 Å². The van der Waals surface area contributed by atoms with E-state index in [9.17, 15) is 14.7 Å². The number of imidazole rings is 1. The van der Waals surface area contributed by atoms with Crippen LogP contribution in [0.2, 0.25) is 0 Å². The number of H-pyrrole nitrogens is 1. The first-order valence-corrected chi connectivity index (χ1v) is 10.5. The fourth-order valence-corrected chi connectivity index (χ4v) is 4.15. The predicted molar refractivity (Wildman–Crippen MR) is 122 cm³/mol. The van der Waals surface area contributed by atoms with Crippen LogP contribution in [0.1, 0.15) is 23.6 Å². The van der Waals surface area contributed by atoms with Crippen LogP contribution in [0.5, 0.6) is 0 Å². The maximum atomic E-state index is 13.3. The number of carbonyl (C=O) groups is 2. The molecule has 1 aliphatic heterocycles. The second-order valence-corrected chi connectivity index (χ2v) is 7.74. The fourth-order valence-electron chi connectivity index (χ4n) is 4.15. The van der Waals surface area contributed by atoms with Gasteiger partial charge in [0.2, 0.25) is 5.95 Å². The predicted octanol–water partition coefficient (Wildman–Crippen LogP) is 4.66. The van der Waals surface area contributed by atoms with Crippen molar-refractivity contribution in [3.05, 3.63) is 107 Å². The summed E-state index contributed by atoms with van der Waals surface area (Å²) in [6.07, 6.45) is 0.713. The molecule has 0 saturated carbocycles. The number of hydrogen-bond donors (Lipinski definition) is 2. The quantitative estimate of drug-likeness (QED) is 0.472. The molecule has 1 aromatic heterocycles. The Hall–Kier alpha value is -4.19. The number of nitrogens with one attached hydrogen (secondary N) is 1. The number of para-hydroxylation sites is 2. The minimum atomic E-state index is -0.757. The van der Waals surface area contributed by atoms with Gasteiger partial charge in [-0.2, -0.15) is 0 Å². The molecule has 3 aromatic carbocycles. The number of aryl methyl sites for hydroxylation is 1. The van der Waals surface area contributed by atoms with Gasteiger partial charge in [-0.1, -0.05) is 72.8 Å². The third-order valence-corrected chi connectivity index (χ3v) is 5.71. The van der Waals surface area contributed by atoms with Crippen molar-refractivity contribution in [1.82, 2.24) is 9.97 Å². The number of carbonyl (C=O) groups excluding carboxylic acids is 2. The Bertz CT molecular complexity index is 1290. The Kier molecular flexibility index (Phi) is 5.03. The maximum absolute atomic E-state index is 13.3. The molecular weight excluding hydrogens is 402 g/mol. The van der Waals surface area contributed by atoms with E-state index < -0.39 is 17.7 Å². The van der Waals surface area contributed by atoms with Gasteiger partial charge in [0.05, 0.1) is 22.6 Å². The number of fused-ring (bicyclic) bond motifs is 1. The lowest BCUT2D eigenvalue weighted by molar-refractivity contribution is -0.118. The van der Waals surface area contributed by atoms with Gasteiger partial charge in [0, 0.05) is 6.42 Å². The van der Waals surface area contributed by atoms with Gasteiger partial charge in [0.15, 0.2) is 11.5 Å². The number of aromatic amines is 1. The van der Waals surface area contributed by atoms with Crippen LogP contribution in [0.3, 0.4) is 0 Å². The highest BCUT2D eigenvalue weighted by Gasteiger charge is 2.45. The molecule has 32 heavy (non-hydrogen) atoms. The number of anilines is 1. The van der Waals surface area contributed by atoms with Crippen LogP contribution in [0.4, 0.5) is 5.95 Å². The number of Topliss-reactive ketones (excluding diaryl/α,β-unsaturated/α-hetero) is 1. The van der Waals surface area contributed by atoms with E-state index in [2.05, 4.69) is 9.97 Å². The first-order valence-electron chi connectivity index (χ1n) is 10.5. The van der Waals surface area contributed by atoms with E-state index in [1.54, 1.807) is 0 Å². The molecule has 2 heterocycles. The van der Waals surface area contributed by atoms with E-state index in [1.165, 1.54) is 4.90 Å². The van der Waals surface area contributed by atoms with Gasteiger partial charge in [0.1, 0.15) is 0 Å². The van der Waals surface area contributed by atoms with Crippen molar-refractivity contribution in [3.63, 3.8) is 0 Å². The third kappa shape index (κ3) is 3.46. The van der Waals surface area contributed by atoms with Crippen molar-refractivity contribution in [3.8, 4) is 0 Å². The number of aromatic nitrogens is 2. The normalized spacial score (nSPS) is 16.2. The molecule has 1 amide bonds. The summed E-state index contributed by atoms with van der Waals surface area (Å²) in [4.78, 5) is 35.5. The molecule has 0 bridgehead atoms. The minimum Gasteiger partial charge on any atom is -0.503 e. The highest BCUT2D eigenvalue weighted by Crippen LogP contribution is 2.40. The van der Waals surface area contributed by atoms with Crippen molar-refractivity contribution >= 4 is 28.7 Å². The van der Waals surface area contributed by atoms with Crippen LogP contribution < -0.4 is 4.90 Å². The number of aliphatic hydroxyl groups excluding tert-OH is 1. The number of ketones is 1. The zero-order chi connectivity index (χ0) is 22.1. The van der Waals surface area contributed by atoms with Crippen LogP contribution >= 0.6 is 0 Å². The molecule has 0 saturated heterocycles. The van der Waals surface area contributed by atoms with E-state index >= 15 is 0 Å². The lowest BCUT2D eigenvalue weighted by Crippen LogP contribution is -2.32. The molecule has 158 valence electrons. The van der Waals surface area contributed by atoms with Gasteiger partial charge in [-0.25, -0.2) is 4.98 Å². The van der Waals surface area contributed by atoms with Gasteiger partial charge in [0.25, 0.3) is 5.91 Å².